The summed E-state index contributed by atoms with van der Waals surface area (Å²) in [5.41, 5.74) is 1.45. The maximum Gasteiger partial charge on any atom is 0.272 e. The number of carbonyl (C=O) groups excluding carboxylic acids is 2. The van der Waals surface area contributed by atoms with Crippen molar-refractivity contribution < 1.29 is 19.1 Å². The molecule has 0 saturated carbocycles. The van der Waals surface area contributed by atoms with E-state index < -0.39 is 5.60 Å². The molecule has 0 bridgehead atoms. The van der Waals surface area contributed by atoms with E-state index in [0.29, 0.717) is 31.9 Å². The molecular weight excluding hydrogens is 358 g/mol. The number of para-hydroxylation sites is 1. The van der Waals surface area contributed by atoms with Crippen molar-refractivity contribution in [2.45, 2.75) is 12.5 Å². The molecule has 4 rings (SSSR count). The van der Waals surface area contributed by atoms with Gasteiger partial charge in [0.2, 0.25) is 0 Å². The normalized spacial score (nSPS) is 23.0. The minimum Gasteiger partial charge on any atom is -0.368 e. The van der Waals surface area contributed by atoms with Crippen molar-refractivity contribution in [3.8, 4) is 0 Å². The second-order valence-electron chi connectivity index (χ2n) is 7.29. The molecule has 2 aliphatic rings. The Morgan fingerprint density at radius 2 is 1.96 bits per heavy atom. The molecule has 1 spiro atoms. The molecule has 28 heavy (non-hydrogen) atoms. The molecule has 2 fully saturated rings. The summed E-state index contributed by atoms with van der Waals surface area (Å²) in [4.78, 5) is 33.2. The van der Waals surface area contributed by atoms with Gasteiger partial charge in [-0.2, -0.15) is 0 Å². The summed E-state index contributed by atoms with van der Waals surface area (Å²) in [5, 5.41) is 0. The Bertz CT molecular complexity index is 856. The van der Waals surface area contributed by atoms with Crippen LogP contribution in [-0.2, 0) is 14.3 Å². The Labute approximate surface area is 163 Å². The molecule has 3 heterocycles. The van der Waals surface area contributed by atoms with Gasteiger partial charge in [-0.05, 0) is 30.7 Å². The van der Waals surface area contributed by atoms with E-state index in [-0.39, 0.29) is 25.0 Å². The van der Waals surface area contributed by atoms with Crippen LogP contribution in [-0.4, -0.2) is 66.8 Å². The molecule has 1 unspecified atom stereocenters. The quantitative estimate of drug-likeness (QED) is 0.791. The fourth-order valence-electron chi connectivity index (χ4n) is 3.62. The van der Waals surface area contributed by atoms with Crippen molar-refractivity contribution >= 4 is 17.5 Å². The van der Waals surface area contributed by atoms with Gasteiger partial charge in [-0.1, -0.05) is 24.3 Å². The molecule has 2 amide bonds. The van der Waals surface area contributed by atoms with Gasteiger partial charge in [-0.25, -0.2) is 0 Å². The summed E-state index contributed by atoms with van der Waals surface area (Å²) >= 11 is 0. The van der Waals surface area contributed by atoms with Crippen LogP contribution in [0.2, 0.25) is 0 Å². The highest BCUT2D eigenvalue weighted by Crippen LogP contribution is 2.27. The predicted molar refractivity (Wildman–Crippen MR) is 103 cm³/mol. The van der Waals surface area contributed by atoms with E-state index in [0.717, 1.165) is 11.3 Å². The number of nitrogens with zero attached hydrogens (tertiary/aromatic N) is 3. The van der Waals surface area contributed by atoms with Gasteiger partial charge in [-0.15, -0.1) is 0 Å². The predicted octanol–water partition coefficient (Wildman–Crippen LogP) is 1.66. The molecule has 0 aliphatic carbocycles. The molecule has 1 aromatic heterocycles. The van der Waals surface area contributed by atoms with E-state index in [1.165, 1.54) is 0 Å². The number of rotatable bonds is 2. The number of ether oxygens (including phenoxy) is 2. The highest BCUT2D eigenvalue weighted by molar-refractivity contribution is 5.95. The number of aryl methyl sites for hydroxylation is 1. The summed E-state index contributed by atoms with van der Waals surface area (Å²) in [6.45, 7) is 3.73. The van der Waals surface area contributed by atoms with Crippen molar-refractivity contribution in [2.75, 3.05) is 44.4 Å². The number of morpholine rings is 1. The van der Waals surface area contributed by atoms with E-state index in [2.05, 4.69) is 4.98 Å². The summed E-state index contributed by atoms with van der Waals surface area (Å²) < 4.78 is 11.7. The number of anilines is 1. The minimum atomic E-state index is -0.763. The van der Waals surface area contributed by atoms with Crippen LogP contribution in [0.5, 0.6) is 0 Å². The van der Waals surface area contributed by atoms with Crippen molar-refractivity contribution in [1.82, 2.24) is 9.88 Å². The van der Waals surface area contributed by atoms with Crippen LogP contribution >= 0.6 is 0 Å². The number of amides is 2. The van der Waals surface area contributed by atoms with Crippen molar-refractivity contribution in [3.05, 3.63) is 59.9 Å². The van der Waals surface area contributed by atoms with Gasteiger partial charge >= 0.3 is 0 Å². The second-order valence-corrected chi connectivity index (χ2v) is 7.29. The number of hydrogen-bond donors (Lipinski definition) is 0. The molecule has 0 radical (unpaired) electrons. The van der Waals surface area contributed by atoms with Crippen LogP contribution in [0.1, 0.15) is 16.1 Å². The third-order valence-electron chi connectivity index (χ3n) is 5.07. The first-order valence-corrected chi connectivity index (χ1v) is 9.35. The zero-order chi connectivity index (χ0) is 19.6. The monoisotopic (exact) mass is 381 g/mol. The number of benzene rings is 1. The van der Waals surface area contributed by atoms with Gasteiger partial charge in [0.25, 0.3) is 11.8 Å². The third-order valence-corrected chi connectivity index (χ3v) is 5.07. The van der Waals surface area contributed by atoms with Crippen molar-refractivity contribution in [3.63, 3.8) is 0 Å². The highest BCUT2D eigenvalue weighted by atomic mass is 16.5. The van der Waals surface area contributed by atoms with Gasteiger partial charge in [-0.3, -0.25) is 14.6 Å². The standard InChI is InChI=1S/C21H23N3O4/c1-16-7-8-18(22-11-16)20(26)23-9-10-28-21(13-23)14-24(19(25)12-27-15-21)17-5-3-2-4-6-17/h2-8,11H,9-10,12-15H2,1H3. The highest BCUT2D eigenvalue weighted by Gasteiger charge is 2.43. The topological polar surface area (TPSA) is 72.0 Å². The van der Waals surface area contributed by atoms with E-state index in [4.69, 9.17) is 9.47 Å². The first-order chi connectivity index (χ1) is 13.6. The second kappa shape index (κ2) is 7.69. The van der Waals surface area contributed by atoms with Crippen molar-refractivity contribution in [2.24, 2.45) is 0 Å². The number of carbonyl (C=O) groups is 2. The fraction of sp³-hybridized carbons (Fsp3) is 0.381. The average Bonchev–Trinajstić information content (AvgIpc) is 2.88. The largest absolute Gasteiger partial charge is 0.368 e. The zero-order valence-corrected chi connectivity index (χ0v) is 15.8. The summed E-state index contributed by atoms with van der Waals surface area (Å²) in [7, 11) is 0. The number of pyridine rings is 1. The first kappa shape index (κ1) is 18.6. The Balaban J connectivity index is 1.56. The van der Waals surface area contributed by atoms with Gasteiger partial charge in [0, 0.05) is 18.4 Å². The smallest absolute Gasteiger partial charge is 0.272 e. The van der Waals surface area contributed by atoms with E-state index in [1.54, 1.807) is 22.1 Å². The molecular formula is C21H23N3O4. The molecule has 146 valence electrons. The molecule has 2 aliphatic heterocycles. The average molecular weight is 381 g/mol. The molecule has 1 aromatic carbocycles. The zero-order valence-electron chi connectivity index (χ0n) is 15.8. The van der Waals surface area contributed by atoms with Crippen LogP contribution in [0.3, 0.4) is 0 Å². The van der Waals surface area contributed by atoms with Gasteiger partial charge in [0.15, 0.2) is 0 Å². The Kier molecular flexibility index (Phi) is 5.11. The van der Waals surface area contributed by atoms with E-state index in [9.17, 15) is 9.59 Å². The van der Waals surface area contributed by atoms with Crippen LogP contribution in [0.4, 0.5) is 5.69 Å². The van der Waals surface area contributed by atoms with Gasteiger partial charge < -0.3 is 19.3 Å². The number of hydrogen-bond acceptors (Lipinski definition) is 5. The summed E-state index contributed by atoms with van der Waals surface area (Å²) in [6.07, 6.45) is 1.69. The van der Waals surface area contributed by atoms with Gasteiger partial charge in [0.1, 0.15) is 17.9 Å². The lowest BCUT2D eigenvalue weighted by Gasteiger charge is -2.43. The number of aromatic nitrogens is 1. The Morgan fingerprint density at radius 3 is 2.71 bits per heavy atom. The first-order valence-electron chi connectivity index (χ1n) is 9.35. The van der Waals surface area contributed by atoms with E-state index in [1.807, 2.05) is 43.3 Å². The Hall–Kier alpha value is -2.77. The molecule has 0 N–H and O–H groups in total. The fourth-order valence-corrected chi connectivity index (χ4v) is 3.62. The van der Waals surface area contributed by atoms with Crippen LogP contribution in [0.15, 0.2) is 48.7 Å². The maximum absolute atomic E-state index is 12.9. The van der Waals surface area contributed by atoms with Gasteiger partial charge in [0.05, 0.1) is 26.3 Å². The lowest BCUT2D eigenvalue weighted by atomic mass is 10.0. The molecule has 2 aromatic rings. The molecule has 7 heteroatoms. The lowest BCUT2D eigenvalue weighted by molar-refractivity contribution is -0.128. The summed E-state index contributed by atoms with van der Waals surface area (Å²) in [5.74, 6) is -0.250. The van der Waals surface area contributed by atoms with Crippen molar-refractivity contribution in [1.29, 1.82) is 0 Å². The third kappa shape index (κ3) is 3.76. The Morgan fingerprint density at radius 1 is 1.14 bits per heavy atom. The van der Waals surface area contributed by atoms with Crippen LogP contribution in [0.25, 0.3) is 0 Å². The van der Waals surface area contributed by atoms with E-state index >= 15 is 0 Å². The van der Waals surface area contributed by atoms with Crippen LogP contribution in [0, 0.1) is 6.92 Å². The molecule has 1 atom stereocenters. The minimum absolute atomic E-state index is 0.00648. The molecule has 7 nitrogen and oxygen atoms in total. The summed E-state index contributed by atoms with van der Waals surface area (Å²) in [6, 6.07) is 13.1. The lowest BCUT2D eigenvalue weighted by Crippen LogP contribution is -2.60. The SMILES string of the molecule is Cc1ccc(C(=O)N2CCOC3(COCC(=O)N(c4ccccc4)C3)C2)nc1. The maximum atomic E-state index is 12.9. The van der Waals surface area contributed by atoms with Crippen LogP contribution < -0.4 is 4.90 Å². The molecule has 2 saturated heterocycles.